The predicted octanol–water partition coefficient (Wildman–Crippen LogP) is 5.63. The molecule has 0 saturated heterocycles. The van der Waals surface area contributed by atoms with Gasteiger partial charge in [-0.1, -0.05) is 48.9 Å². The van der Waals surface area contributed by atoms with Gasteiger partial charge in [-0.3, -0.25) is 0 Å². The van der Waals surface area contributed by atoms with Crippen LogP contribution in [-0.2, 0) is 6.54 Å². The van der Waals surface area contributed by atoms with Gasteiger partial charge >= 0.3 is 0 Å². The molecule has 0 spiro atoms. The highest BCUT2D eigenvalue weighted by Crippen LogP contribution is 2.32. The SMILES string of the molecule is CCOc1c(Cl)cc(Cl)cc1CNC1CCCCCC1.Cl. The van der Waals surface area contributed by atoms with Gasteiger partial charge in [-0.25, -0.2) is 0 Å². The van der Waals surface area contributed by atoms with Crippen LogP contribution >= 0.6 is 35.6 Å². The summed E-state index contributed by atoms with van der Waals surface area (Å²) in [6, 6.07) is 4.29. The largest absolute Gasteiger partial charge is 0.492 e. The summed E-state index contributed by atoms with van der Waals surface area (Å²) in [5, 5.41) is 4.89. The van der Waals surface area contributed by atoms with Crippen LogP contribution in [0.3, 0.4) is 0 Å². The van der Waals surface area contributed by atoms with Gasteiger partial charge in [0.1, 0.15) is 5.75 Å². The van der Waals surface area contributed by atoms with Crippen LogP contribution < -0.4 is 10.1 Å². The Morgan fingerprint density at radius 2 is 1.81 bits per heavy atom. The third-order valence-electron chi connectivity index (χ3n) is 3.81. The van der Waals surface area contributed by atoms with Gasteiger partial charge in [0.2, 0.25) is 0 Å². The number of nitrogens with one attached hydrogen (secondary N) is 1. The third kappa shape index (κ3) is 5.86. The van der Waals surface area contributed by atoms with Crippen molar-refractivity contribution in [3.05, 3.63) is 27.7 Å². The van der Waals surface area contributed by atoms with Crippen LogP contribution in [0.2, 0.25) is 10.0 Å². The lowest BCUT2D eigenvalue weighted by molar-refractivity contribution is 0.334. The van der Waals surface area contributed by atoms with Crippen LogP contribution in [0.15, 0.2) is 12.1 Å². The molecule has 0 unspecified atom stereocenters. The fourth-order valence-corrected chi connectivity index (χ4v) is 3.38. The smallest absolute Gasteiger partial charge is 0.142 e. The lowest BCUT2D eigenvalue weighted by Gasteiger charge is -2.18. The first-order valence-corrected chi connectivity index (χ1v) is 8.30. The molecule has 0 aromatic heterocycles. The molecule has 21 heavy (non-hydrogen) atoms. The van der Waals surface area contributed by atoms with Crippen LogP contribution in [0, 0.1) is 0 Å². The van der Waals surface area contributed by atoms with E-state index in [-0.39, 0.29) is 12.4 Å². The van der Waals surface area contributed by atoms with E-state index in [1.807, 2.05) is 13.0 Å². The van der Waals surface area contributed by atoms with Gasteiger partial charge in [0.15, 0.2) is 0 Å². The van der Waals surface area contributed by atoms with E-state index in [1.165, 1.54) is 38.5 Å². The Kier molecular flexibility index (Phi) is 8.80. The van der Waals surface area contributed by atoms with Gasteiger partial charge in [-0.2, -0.15) is 0 Å². The maximum absolute atomic E-state index is 6.22. The van der Waals surface area contributed by atoms with Crippen molar-refractivity contribution in [3.8, 4) is 5.75 Å². The first-order chi connectivity index (χ1) is 9.70. The Balaban J connectivity index is 0.00000220. The Morgan fingerprint density at radius 1 is 1.14 bits per heavy atom. The highest BCUT2D eigenvalue weighted by atomic mass is 35.5. The zero-order chi connectivity index (χ0) is 14.4. The van der Waals surface area contributed by atoms with Crippen molar-refractivity contribution in [3.63, 3.8) is 0 Å². The highest BCUT2D eigenvalue weighted by Gasteiger charge is 2.14. The quantitative estimate of drug-likeness (QED) is 0.694. The van der Waals surface area contributed by atoms with E-state index < -0.39 is 0 Å². The summed E-state index contributed by atoms with van der Waals surface area (Å²) >= 11 is 12.3. The van der Waals surface area contributed by atoms with Crippen LogP contribution in [-0.4, -0.2) is 12.6 Å². The normalized spacial score (nSPS) is 16.1. The molecule has 1 aromatic carbocycles. The molecule has 1 aliphatic rings. The maximum atomic E-state index is 6.22. The van der Waals surface area contributed by atoms with E-state index in [4.69, 9.17) is 27.9 Å². The third-order valence-corrected chi connectivity index (χ3v) is 4.31. The second-order valence-electron chi connectivity index (χ2n) is 5.38. The van der Waals surface area contributed by atoms with E-state index in [1.54, 1.807) is 6.07 Å². The zero-order valence-corrected chi connectivity index (χ0v) is 14.8. The second-order valence-corrected chi connectivity index (χ2v) is 6.22. The van der Waals surface area contributed by atoms with Crippen molar-refractivity contribution in [2.75, 3.05) is 6.61 Å². The standard InChI is InChI=1S/C16H23Cl2NO.ClH/c1-2-20-16-12(9-13(17)10-15(16)18)11-19-14-7-5-3-4-6-8-14;/h9-10,14,19H,2-8,11H2,1H3;1H. The lowest BCUT2D eigenvalue weighted by Crippen LogP contribution is -2.28. The summed E-state index contributed by atoms with van der Waals surface area (Å²) in [4.78, 5) is 0. The van der Waals surface area contributed by atoms with Crippen molar-refractivity contribution < 1.29 is 4.74 Å². The van der Waals surface area contributed by atoms with Crippen LogP contribution in [0.1, 0.15) is 51.0 Å². The van der Waals surface area contributed by atoms with Crippen molar-refractivity contribution >= 4 is 35.6 Å². The first-order valence-electron chi connectivity index (χ1n) is 7.54. The molecule has 2 nitrogen and oxygen atoms in total. The molecule has 1 aliphatic carbocycles. The molecular formula is C16H24Cl3NO. The van der Waals surface area contributed by atoms with Crippen LogP contribution in [0.5, 0.6) is 5.75 Å². The number of halogens is 3. The molecule has 1 aromatic rings. The molecule has 0 aliphatic heterocycles. The molecule has 1 N–H and O–H groups in total. The van der Waals surface area contributed by atoms with Gasteiger partial charge in [0, 0.05) is 23.2 Å². The molecule has 0 bridgehead atoms. The average Bonchev–Trinajstić information content (AvgIpc) is 2.68. The van der Waals surface area contributed by atoms with Crippen molar-refractivity contribution in [2.24, 2.45) is 0 Å². The Hall–Kier alpha value is -0.150. The van der Waals surface area contributed by atoms with Gasteiger partial charge in [0.05, 0.1) is 11.6 Å². The maximum Gasteiger partial charge on any atom is 0.142 e. The average molecular weight is 353 g/mol. The number of benzene rings is 1. The molecule has 1 fully saturated rings. The molecule has 5 heteroatoms. The number of ether oxygens (including phenoxy) is 1. The molecular weight excluding hydrogens is 329 g/mol. The van der Waals surface area contributed by atoms with Crippen molar-refractivity contribution in [1.82, 2.24) is 5.32 Å². The first kappa shape index (κ1) is 18.9. The molecule has 1 saturated carbocycles. The summed E-state index contributed by atoms with van der Waals surface area (Å²) in [7, 11) is 0. The van der Waals surface area contributed by atoms with Crippen molar-refractivity contribution in [1.29, 1.82) is 0 Å². The fraction of sp³-hybridized carbons (Fsp3) is 0.625. The summed E-state index contributed by atoms with van der Waals surface area (Å²) in [5.74, 6) is 0.764. The monoisotopic (exact) mass is 351 g/mol. The van der Waals surface area contributed by atoms with E-state index in [9.17, 15) is 0 Å². The van der Waals surface area contributed by atoms with Gasteiger partial charge in [-0.15, -0.1) is 12.4 Å². The predicted molar refractivity (Wildman–Crippen MR) is 93.2 cm³/mol. The summed E-state index contributed by atoms with van der Waals surface area (Å²) in [5.41, 5.74) is 1.05. The Bertz CT molecular complexity index is 432. The van der Waals surface area contributed by atoms with E-state index in [0.29, 0.717) is 22.7 Å². The van der Waals surface area contributed by atoms with Crippen molar-refractivity contribution in [2.45, 2.75) is 58.0 Å². The van der Waals surface area contributed by atoms with Crippen LogP contribution in [0.25, 0.3) is 0 Å². The second kappa shape index (κ2) is 9.78. The van der Waals surface area contributed by atoms with E-state index in [2.05, 4.69) is 5.32 Å². The zero-order valence-electron chi connectivity index (χ0n) is 12.5. The minimum atomic E-state index is 0. The summed E-state index contributed by atoms with van der Waals surface area (Å²) in [6.07, 6.45) is 7.91. The molecule has 0 radical (unpaired) electrons. The van der Waals surface area contributed by atoms with Gasteiger partial charge in [-0.05, 0) is 31.9 Å². The van der Waals surface area contributed by atoms with Crippen LogP contribution in [0.4, 0.5) is 0 Å². The summed E-state index contributed by atoms with van der Waals surface area (Å²) < 4.78 is 5.66. The molecule has 2 rings (SSSR count). The molecule has 0 heterocycles. The lowest BCUT2D eigenvalue weighted by atomic mass is 10.1. The topological polar surface area (TPSA) is 21.3 Å². The minimum absolute atomic E-state index is 0. The molecule has 120 valence electrons. The minimum Gasteiger partial charge on any atom is -0.492 e. The number of hydrogen-bond donors (Lipinski definition) is 1. The van der Waals surface area contributed by atoms with Gasteiger partial charge in [0.25, 0.3) is 0 Å². The van der Waals surface area contributed by atoms with Gasteiger partial charge < -0.3 is 10.1 Å². The summed E-state index contributed by atoms with van der Waals surface area (Å²) in [6.45, 7) is 3.34. The highest BCUT2D eigenvalue weighted by molar-refractivity contribution is 6.35. The Morgan fingerprint density at radius 3 is 2.43 bits per heavy atom. The Labute approximate surface area is 143 Å². The number of rotatable bonds is 5. The number of hydrogen-bond acceptors (Lipinski definition) is 2. The molecule has 0 atom stereocenters. The fourth-order valence-electron chi connectivity index (χ4n) is 2.79. The molecule has 0 amide bonds. The van der Waals surface area contributed by atoms with E-state index >= 15 is 0 Å². The van der Waals surface area contributed by atoms with E-state index in [0.717, 1.165) is 17.9 Å².